The summed E-state index contributed by atoms with van der Waals surface area (Å²) in [5.74, 6) is -1.47. The Morgan fingerprint density at radius 1 is 1.43 bits per heavy atom. The van der Waals surface area contributed by atoms with Crippen molar-refractivity contribution in [3.8, 4) is 0 Å². The maximum absolute atomic E-state index is 11.9. The molecule has 0 bridgehead atoms. The number of rotatable bonds is 5. The van der Waals surface area contributed by atoms with Gasteiger partial charge in [0.1, 0.15) is 6.54 Å². The monoisotopic (exact) mass is 292 g/mol. The van der Waals surface area contributed by atoms with Crippen LogP contribution in [0.4, 0.5) is 10.5 Å². The minimum Gasteiger partial charge on any atom is -0.476 e. The molecule has 1 heterocycles. The average Bonchev–Trinajstić information content (AvgIpc) is 3.22. The van der Waals surface area contributed by atoms with E-state index < -0.39 is 12.0 Å². The van der Waals surface area contributed by atoms with Crippen molar-refractivity contribution in [3.63, 3.8) is 0 Å². The predicted molar refractivity (Wildman–Crippen MR) is 74.0 cm³/mol. The molecule has 1 aliphatic carbocycles. The largest absolute Gasteiger partial charge is 0.476 e. The third-order valence-electron chi connectivity index (χ3n) is 2.92. The number of carbonyl (C=O) groups excluding carboxylic acids is 2. The zero-order valence-electron chi connectivity index (χ0n) is 11.5. The average molecular weight is 292 g/mol. The van der Waals surface area contributed by atoms with Gasteiger partial charge >= 0.3 is 12.0 Å². The van der Waals surface area contributed by atoms with E-state index in [-0.39, 0.29) is 29.9 Å². The Kier molecular flexibility index (Phi) is 4.36. The Hall–Kier alpha value is -2.64. The van der Waals surface area contributed by atoms with Gasteiger partial charge in [0.25, 0.3) is 0 Å². The molecular weight excluding hydrogens is 276 g/mol. The van der Waals surface area contributed by atoms with E-state index in [0.29, 0.717) is 0 Å². The molecule has 1 fully saturated rings. The van der Waals surface area contributed by atoms with E-state index in [1.165, 1.54) is 30.3 Å². The number of carboxylic acids is 1. The molecule has 2 rings (SSSR count). The number of carbonyl (C=O) groups is 3. The number of carboxylic acid groups (broad SMARTS) is 1. The SMILES string of the molecule is CN(CC(=O)NC1CC1)C(=O)Nc1cccnc1C(=O)O. The molecule has 3 N–H and O–H groups in total. The van der Waals surface area contributed by atoms with E-state index in [0.717, 1.165) is 12.8 Å². The quantitative estimate of drug-likeness (QED) is 0.732. The molecule has 0 saturated heterocycles. The van der Waals surface area contributed by atoms with Crippen molar-refractivity contribution in [3.05, 3.63) is 24.0 Å². The fraction of sp³-hybridized carbons (Fsp3) is 0.385. The minimum absolute atomic E-state index is 0.0875. The van der Waals surface area contributed by atoms with Crippen molar-refractivity contribution in [2.45, 2.75) is 18.9 Å². The lowest BCUT2D eigenvalue weighted by Crippen LogP contribution is -2.41. The molecule has 8 nitrogen and oxygen atoms in total. The van der Waals surface area contributed by atoms with Crippen LogP contribution < -0.4 is 10.6 Å². The second kappa shape index (κ2) is 6.21. The summed E-state index contributed by atoms with van der Waals surface area (Å²) in [5, 5.41) is 14.2. The van der Waals surface area contributed by atoms with Crippen LogP contribution in [0.15, 0.2) is 18.3 Å². The molecule has 21 heavy (non-hydrogen) atoms. The molecule has 0 unspecified atom stereocenters. The van der Waals surface area contributed by atoms with E-state index in [4.69, 9.17) is 5.11 Å². The third kappa shape index (κ3) is 4.16. The lowest BCUT2D eigenvalue weighted by atomic mass is 10.3. The Morgan fingerprint density at radius 2 is 2.14 bits per heavy atom. The van der Waals surface area contributed by atoms with Crippen molar-refractivity contribution in [1.29, 1.82) is 0 Å². The summed E-state index contributed by atoms with van der Waals surface area (Å²) in [6.07, 6.45) is 3.27. The highest BCUT2D eigenvalue weighted by Gasteiger charge is 2.24. The summed E-state index contributed by atoms with van der Waals surface area (Å²) in [7, 11) is 1.46. The summed E-state index contributed by atoms with van der Waals surface area (Å²) >= 11 is 0. The Morgan fingerprint density at radius 3 is 2.76 bits per heavy atom. The highest BCUT2D eigenvalue weighted by Crippen LogP contribution is 2.18. The topological polar surface area (TPSA) is 112 Å². The van der Waals surface area contributed by atoms with Crippen LogP contribution >= 0.6 is 0 Å². The normalized spacial score (nSPS) is 13.4. The zero-order chi connectivity index (χ0) is 15.4. The van der Waals surface area contributed by atoms with Gasteiger partial charge in [-0.2, -0.15) is 0 Å². The summed E-state index contributed by atoms with van der Waals surface area (Å²) in [4.78, 5) is 39.4. The number of likely N-dealkylation sites (N-methyl/N-ethyl adjacent to an activating group) is 1. The fourth-order valence-electron chi connectivity index (χ4n) is 1.68. The van der Waals surface area contributed by atoms with E-state index in [9.17, 15) is 14.4 Å². The first-order valence-corrected chi connectivity index (χ1v) is 6.47. The molecule has 1 aromatic rings. The number of aromatic carboxylic acids is 1. The van der Waals surface area contributed by atoms with Gasteiger partial charge in [0.2, 0.25) is 5.91 Å². The molecule has 0 radical (unpaired) electrons. The van der Waals surface area contributed by atoms with Crippen LogP contribution in [0.1, 0.15) is 23.3 Å². The van der Waals surface area contributed by atoms with Crippen molar-refractivity contribution in [1.82, 2.24) is 15.2 Å². The highest BCUT2D eigenvalue weighted by atomic mass is 16.4. The van der Waals surface area contributed by atoms with E-state index in [2.05, 4.69) is 15.6 Å². The standard InChI is InChI=1S/C13H16N4O4/c1-17(7-10(18)15-8-4-5-8)13(21)16-9-3-2-6-14-11(9)12(19)20/h2-3,6,8H,4-5,7H2,1H3,(H,15,18)(H,16,21)(H,19,20). The number of pyridine rings is 1. The van der Waals surface area contributed by atoms with Crippen LogP contribution in [0.5, 0.6) is 0 Å². The number of nitrogens with one attached hydrogen (secondary N) is 2. The maximum Gasteiger partial charge on any atom is 0.356 e. The Labute approximate surface area is 121 Å². The molecule has 8 heteroatoms. The van der Waals surface area contributed by atoms with Gasteiger partial charge in [-0.05, 0) is 25.0 Å². The van der Waals surface area contributed by atoms with Crippen LogP contribution in [0.25, 0.3) is 0 Å². The van der Waals surface area contributed by atoms with Crippen LogP contribution in [0, 0.1) is 0 Å². The van der Waals surface area contributed by atoms with Gasteiger partial charge in [0.15, 0.2) is 5.69 Å². The van der Waals surface area contributed by atoms with Gasteiger partial charge < -0.3 is 20.6 Å². The molecular formula is C13H16N4O4. The summed E-state index contributed by atoms with van der Waals surface area (Å²) in [5.41, 5.74) is -0.161. The number of hydrogen-bond acceptors (Lipinski definition) is 4. The molecule has 1 aromatic heterocycles. The van der Waals surface area contributed by atoms with Crippen molar-refractivity contribution in [2.75, 3.05) is 18.9 Å². The zero-order valence-corrected chi connectivity index (χ0v) is 11.5. The van der Waals surface area contributed by atoms with Crippen molar-refractivity contribution >= 4 is 23.6 Å². The lowest BCUT2D eigenvalue weighted by molar-refractivity contribution is -0.121. The molecule has 0 spiro atoms. The molecule has 0 aromatic carbocycles. The van der Waals surface area contributed by atoms with Gasteiger partial charge in [0, 0.05) is 19.3 Å². The second-order valence-electron chi connectivity index (χ2n) is 4.83. The molecule has 112 valence electrons. The van der Waals surface area contributed by atoms with E-state index >= 15 is 0 Å². The first-order valence-electron chi connectivity index (χ1n) is 6.47. The van der Waals surface area contributed by atoms with Crippen LogP contribution in [0.2, 0.25) is 0 Å². The molecule has 3 amide bonds. The van der Waals surface area contributed by atoms with Crippen molar-refractivity contribution < 1.29 is 19.5 Å². The van der Waals surface area contributed by atoms with E-state index in [1.54, 1.807) is 0 Å². The first kappa shape index (κ1) is 14.8. The molecule has 0 atom stereocenters. The van der Waals surface area contributed by atoms with Gasteiger partial charge in [-0.25, -0.2) is 14.6 Å². The molecule has 1 aliphatic rings. The highest BCUT2D eigenvalue weighted by molar-refractivity contribution is 5.99. The lowest BCUT2D eigenvalue weighted by Gasteiger charge is -2.18. The maximum atomic E-state index is 11.9. The van der Waals surface area contributed by atoms with Gasteiger partial charge in [0.05, 0.1) is 5.69 Å². The Bertz CT molecular complexity index is 571. The van der Waals surface area contributed by atoms with Gasteiger partial charge in [-0.15, -0.1) is 0 Å². The number of anilines is 1. The van der Waals surface area contributed by atoms with Crippen LogP contribution in [-0.2, 0) is 4.79 Å². The summed E-state index contributed by atoms with van der Waals surface area (Å²) in [6, 6.07) is 2.61. The Balaban J connectivity index is 1.93. The second-order valence-corrected chi connectivity index (χ2v) is 4.83. The third-order valence-corrected chi connectivity index (χ3v) is 2.92. The van der Waals surface area contributed by atoms with Crippen LogP contribution in [0.3, 0.4) is 0 Å². The summed E-state index contributed by atoms with van der Waals surface area (Å²) < 4.78 is 0. The van der Waals surface area contributed by atoms with Crippen molar-refractivity contribution in [2.24, 2.45) is 0 Å². The number of hydrogen-bond donors (Lipinski definition) is 3. The number of amides is 3. The predicted octanol–water partition coefficient (Wildman–Crippen LogP) is 0.522. The molecule has 1 saturated carbocycles. The fourth-order valence-corrected chi connectivity index (χ4v) is 1.68. The minimum atomic E-state index is -1.24. The number of nitrogens with zero attached hydrogens (tertiary/aromatic N) is 2. The van der Waals surface area contributed by atoms with Crippen LogP contribution in [-0.4, -0.2) is 52.5 Å². The van der Waals surface area contributed by atoms with Gasteiger partial charge in [-0.1, -0.05) is 0 Å². The molecule has 0 aliphatic heterocycles. The summed E-state index contributed by atoms with van der Waals surface area (Å²) in [6.45, 7) is -0.0923. The number of aromatic nitrogens is 1. The smallest absolute Gasteiger partial charge is 0.356 e. The first-order chi connectivity index (χ1) is 9.97. The number of urea groups is 1. The van der Waals surface area contributed by atoms with E-state index in [1.807, 2.05) is 0 Å². The van der Waals surface area contributed by atoms with Gasteiger partial charge in [-0.3, -0.25) is 4.79 Å².